The third-order valence-corrected chi connectivity index (χ3v) is 1.92. The molecule has 0 aromatic rings. The van der Waals surface area contributed by atoms with E-state index in [0.717, 1.165) is 12.7 Å². The summed E-state index contributed by atoms with van der Waals surface area (Å²) >= 11 is 0. The number of aldehydes is 1. The second-order valence-electron chi connectivity index (χ2n) is 2.77. The molecule has 0 aromatic heterocycles. The molecule has 64 valence electrons. The van der Waals surface area contributed by atoms with Gasteiger partial charge >= 0.3 is 0 Å². The normalized spacial score (nSPS) is 12.5. The van der Waals surface area contributed by atoms with Crippen molar-refractivity contribution in [2.45, 2.75) is 39.5 Å². The van der Waals surface area contributed by atoms with Crippen molar-refractivity contribution in [2.75, 3.05) is 0 Å². The van der Waals surface area contributed by atoms with E-state index in [1.165, 1.54) is 0 Å². The Kier molecular flexibility index (Phi) is 5.71. The molecule has 1 atom stereocenters. The lowest BCUT2D eigenvalue weighted by molar-refractivity contribution is -0.119. The highest BCUT2D eigenvalue weighted by Gasteiger charge is 2.09. The van der Waals surface area contributed by atoms with Crippen molar-refractivity contribution in [2.24, 2.45) is 5.92 Å². The molecule has 0 amide bonds. The molecule has 0 N–H and O–H groups in total. The molecule has 0 rings (SSSR count). The van der Waals surface area contributed by atoms with E-state index in [9.17, 15) is 9.59 Å². The van der Waals surface area contributed by atoms with E-state index >= 15 is 0 Å². The second kappa shape index (κ2) is 6.08. The molecule has 2 heteroatoms. The highest BCUT2D eigenvalue weighted by molar-refractivity contribution is 5.78. The van der Waals surface area contributed by atoms with Crippen LogP contribution in [0, 0.1) is 5.92 Å². The molecule has 0 bridgehead atoms. The summed E-state index contributed by atoms with van der Waals surface area (Å²) in [5, 5.41) is 0. The van der Waals surface area contributed by atoms with E-state index in [0.29, 0.717) is 19.3 Å². The first kappa shape index (κ1) is 10.3. The lowest BCUT2D eigenvalue weighted by Crippen LogP contribution is -2.07. The Bertz CT molecular complexity index is 130. The fourth-order valence-corrected chi connectivity index (χ4v) is 0.997. The van der Waals surface area contributed by atoms with Gasteiger partial charge in [-0.25, -0.2) is 0 Å². The molecule has 0 aliphatic rings. The molecule has 0 aromatic carbocycles. The van der Waals surface area contributed by atoms with Gasteiger partial charge in [-0.3, -0.25) is 4.79 Å². The Balaban J connectivity index is 3.67. The van der Waals surface area contributed by atoms with E-state index in [-0.39, 0.29) is 11.7 Å². The van der Waals surface area contributed by atoms with Gasteiger partial charge in [0, 0.05) is 19.3 Å². The summed E-state index contributed by atoms with van der Waals surface area (Å²) in [4.78, 5) is 21.1. The third-order valence-electron chi connectivity index (χ3n) is 1.92. The molecule has 0 aliphatic heterocycles. The summed E-state index contributed by atoms with van der Waals surface area (Å²) < 4.78 is 0. The smallest absolute Gasteiger partial charge is 0.132 e. The highest BCUT2D eigenvalue weighted by atomic mass is 16.1. The minimum absolute atomic E-state index is 0.263. The number of rotatable bonds is 6. The topological polar surface area (TPSA) is 34.1 Å². The Hall–Kier alpha value is -0.660. The SMILES string of the molecule is CCC(=O)CC(CC)CC=O. The van der Waals surface area contributed by atoms with Gasteiger partial charge in [0.2, 0.25) is 0 Å². The van der Waals surface area contributed by atoms with Crippen LogP contribution in [0.25, 0.3) is 0 Å². The lowest BCUT2D eigenvalue weighted by Gasteiger charge is -2.08. The van der Waals surface area contributed by atoms with Gasteiger partial charge in [0.15, 0.2) is 0 Å². The molecule has 0 aliphatic carbocycles. The molecule has 2 nitrogen and oxygen atoms in total. The molecule has 0 radical (unpaired) electrons. The third kappa shape index (κ3) is 4.71. The summed E-state index contributed by atoms with van der Waals surface area (Å²) in [7, 11) is 0. The molecule has 0 saturated carbocycles. The zero-order valence-corrected chi connectivity index (χ0v) is 7.30. The van der Waals surface area contributed by atoms with Crippen LogP contribution in [0.4, 0.5) is 0 Å². The van der Waals surface area contributed by atoms with Gasteiger partial charge in [-0.1, -0.05) is 20.3 Å². The van der Waals surface area contributed by atoms with Crippen molar-refractivity contribution in [1.29, 1.82) is 0 Å². The minimum Gasteiger partial charge on any atom is -0.303 e. The van der Waals surface area contributed by atoms with Crippen molar-refractivity contribution >= 4 is 12.1 Å². The van der Waals surface area contributed by atoms with Gasteiger partial charge in [0.25, 0.3) is 0 Å². The van der Waals surface area contributed by atoms with Crippen LogP contribution < -0.4 is 0 Å². The summed E-state index contributed by atoms with van der Waals surface area (Å²) in [6, 6.07) is 0. The highest BCUT2D eigenvalue weighted by Crippen LogP contribution is 2.12. The molecular formula is C9H16O2. The van der Waals surface area contributed by atoms with Crippen molar-refractivity contribution in [1.82, 2.24) is 0 Å². The van der Waals surface area contributed by atoms with Gasteiger partial charge < -0.3 is 4.79 Å². The maximum Gasteiger partial charge on any atom is 0.132 e. The Morgan fingerprint density at radius 2 is 2.09 bits per heavy atom. The van der Waals surface area contributed by atoms with E-state index in [4.69, 9.17) is 0 Å². The average molecular weight is 156 g/mol. The Labute approximate surface area is 68.0 Å². The first-order valence-electron chi connectivity index (χ1n) is 4.19. The maximum atomic E-state index is 10.9. The van der Waals surface area contributed by atoms with Crippen molar-refractivity contribution in [3.63, 3.8) is 0 Å². The van der Waals surface area contributed by atoms with Crippen molar-refractivity contribution < 1.29 is 9.59 Å². The summed E-state index contributed by atoms with van der Waals surface area (Å²) in [5.74, 6) is 0.540. The standard InChI is InChI=1S/C9H16O2/c1-3-8(5-6-10)7-9(11)4-2/h6,8H,3-5,7H2,1-2H3. The van der Waals surface area contributed by atoms with Crippen LogP contribution in [0.2, 0.25) is 0 Å². The quantitative estimate of drug-likeness (QED) is 0.551. The number of carbonyl (C=O) groups excluding carboxylic acids is 2. The van der Waals surface area contributed by atoms with Gasteiger partial charge in [0.05, 0.1) is 0 Å². The number of Topliss-reactive ketones (excluding diaryl/α,β-unsaturated/α-hetero) is 1. The fourth-order valence-electron chi connectivity index (χ4n) is 0.997. The zero-order valence-electron chi connectivity index (χ0n) is 7.30. The van der Waals surface area contributed by atoms with Gasteiger partial charge in [-0.2, -0.15) is 0 Å². The first-order chi connectivity index (χ1) is 5.24. The molecule has 0 heterocycles. The summed E-state index contributed by atoms with van der Waals surface area (Å²) in [6.45, 7) is 3.87. The number of hydrogen-bond donors (Lipinski definition) is 0. The van der Waals surface area contributed by atoms with E-state index in [1.807, 2.05) is 13.8 Å². The van der Waals surface area contributed by atoms with Crippen LogP contribution in [-0.2, 0) is 9.59 Å². The van der Waals surface area contributed by atoms with Crippen LogP contribution in [0.1, 0.15) is 39.5 Å². The molecular weight excluding hydrogens is 140 g/mol. The average Bonchev–Trinajstić information content (AvgIpc) is 2.03. The fraction of sp³-hybridized carbons (Fsp3) is 0.778. The van der Waals surface area contributed by atoms with Crippen LogP contribution in [0.15, 0.2) is 0 Å². The van der Waals surface area contributed by atoms with E-state index in [2.05, 4.69) is 0 Å². The van der Waals surface area contributed by atoms with E-state index < -0.39 is 0 Å². The van der Waals surface area contributed by atoms with Gasteiger partial charge in [0.1, 0.15) is 12.1 Å². The number of carbonyl (C=O) groups is 2. The molecule has 11 heavy (non-hydrogen) atoms. The van der Waals surface area contributed by atoms with Gasteiger partial charge in [-0.15, -0.1) is 0 Å². The van der Waals surface area contributed by atoms with Crippen LogP contribution in [0.3, 0.4) is 0 Å². The number of ketones is 1. The minimum atomic E-state index is 0.263. The van der Waals surface area contributed by atoms with Gasteiger partial charge in [-0.05, 0) is 5.92 Å². The van der Waals surface area contributed by atoms with Crippen LogP contribution in [-0.4, -0.2) is 12.1 Å². The second-order valence-corrected chi connectivity index (χ2v) is 2.77. The maximum absolute atomic E-state index is 10.9. The summed E-state index contributed by atoms with van der Waals surface area (Å²) in [5.41, 5.74) is 0. The zero-order chi connectivity index (χ0) is 8.69. The molecule has 0 spiro atoms. The predicted octanol–water partition coefficient (Wildman–Crippen LogP) is 1.97. The predicted molar refractivity (Wildman–Crippen MR) is 44.4 cm³/mol. The number of hydrogen-bond acceptors (Lipinski definition) is 2. The van der Waals surface area contributed by atoms with E-state index in [1.54, 1.807) is 0 Å². The monoisotopic (exact) mass is 156 g/mol. The lowest BCUT2D eigenvalue weighted by atomic mass is 9.96. The van der Waals surface area contributed by atoms with Crippen molar-refractivity contribution in [3.8, 4) is 0 Å². The van der Waals surface area contributed by atoms with Crippen LogP contribution in [0.5, 0.6) is 0 Å². The first-order valence-corrected chi connectivity index (χ1v) is 4.19. The Morgan fingerprint density at radius 3 is 2.45 bits per heavy atom. The van der Waals surface area contributed by atoms with Crippen LogP contribution >= 0.6 is 0 Å². The van der Waals surface area contributed by atoms with Crippen molar-refractivity contribution in [3.05, 3.63) is 0 Å². The Morgan fingerprint density at radius 1 is 1.45 bits per heavy atom. The summed E-state index contributed by atoms with van der Waals surface area (Å²) in [6.07, 6.45) is 3.52. The molecule has 1 unspecified atom stereocenters. The molecule has 0 saturated heterocycles. The molecule has 0 fully saturated rings. The largest absolute Gasteiger partial charge is 0.303 e.